The maximum absolute atomic E-state index is 5.12. The van der Waals surface area contributed by atoms with Crippen molar-refractivity contribution in [1.29, 1.82) is 0 Å². The lowest BCUT2D eigenvalue weighted by atomic mass is 10.4. The predicted octanol–water partition coefficient (Wildman–Crippen LogP) is 1.24. The van der Waals surface area contributed by atoms with Gasteiger partial charge in [0.05, 0.1) is 4.99 Å². The van der Waals surface area contributed by atoms with Crippen LogP contribution in [0.25, 0.3) is 0 Å². The second-order valence-corrected chi connectivity index (χ2v) is 1.68. The summed E-state index contributed by atoms with van der Waals surface area (Å²) < 4.78 is 0. The summed E-state index contributed by atoms with van der Waals surface area (Å²) in [5.74, 6) is 0. The van der Waals surface area contributed by atoms with E-state index in [1.54, 1.807) is 6.08 Å². The number of rotatable bonds is 2. The van der Waals surface area contributed by atoms with Gasteiger partial charge in [-0.15, -0.1) is 0 Å². The first-order valence-corrected chi connectivity index (χ1v) is 2.64. The number of thiocarbonyl (C=S) groups is 1. The average molecular weight is 115 g/mol. The summed E-state index contributed by atoms with van der Waals surface area (Å²) in [6.45, 7) is 2.04. The molecule has 2 N–H and O–H groups in total. The predicted molar refractivity (Wildman–Crippen MR) is 36.2 cm³/mol. The molecule has 0 unspecified atom stereocenters. The van der Waals surface area contributed by atoms with E-state index in [4.69, 9.17) is 5.73 Å². The number of hydrogen-bond acceptors (Lipinski definition) is 1. The van der Waals surface area contributed by atoms with Gasteiger partial charge in [-0.1, -0.05) is 25.2 Å². The molecule has 0 aliphatic carbocycles. The molecule has 1 nitrogen and oxygen atoms in total. The molecule has 0 fully saturated rings. The van der Waals surface area contributed by atoms with Crippen molar-refractivity contribution in [2.45, 2.75) is 13.3 Å². The molecule has 0 saturated carbocycles. The molecular weight excluding hydrogens is 106 g/mol. The van der Waals surface area contributed by atoms with E-state index in [-0.39, 0.29) is 0 Å². The van der Waals surface area contributed by atoms with Gasteiger partial charge in [-0.05, 0) is 12.5 Å². The molecule has 0 aromatic heterocycles. The Balaban J connectivity index is 3.26. The van der Waals surface area contributed by atoms with Crippen LogP contribution in [0.2, 0.25) is 0 Å². The molecule has 2 heteroatoms. The topological polar surface area (TPSA) is 26.0 Å². The van der Waals surface area contributed by atoms with Crippen molar-refractivity contribution in [2.24, 2.45) is 5.73 Å². The summed E-state index contributed by atoms with van der Waals surface area (Å²) in [4.78, 5) is 0.460. The molecule has 0 amide bonds. The lowest BCUT2D eigenvalue weighted by Gasteiger charge is -1.78. The molecule has 0 aliphatic rings. The highest BCUT2D eigenvalue weighted by molar-refractivity contribution is 7.80. The van der Waals surface area contributed by atoms with Gasteiger partial charge in [0, 0.05) is 0 Å². The van der Waals surface area contributed by atoms with Crippen LogP contribution in [-0.4, -0.2) is 4.99 Å². The number of nitrogens with two attached hydrogens (primary N) is 1. The molecule has 0 radical (unpaired) electrons. The van der Waals surface area contributed by atoms with Crippen LogP contribution in [0.1, 0.15) is 13.3 Å². The second-order valence-electron chi connectivity index (χ2n) is 1.21. The Hall–Kier alpha value is -0.370. The first-order valence-electron chi connectivity index (χ1n) is 2.23. The highest BCUT2D eigenvalue weighted by Crippen LogP contribution is 1.77. The Morgan fingerprint density at radius 2 is 2.43 bits per heavy atom. The van der Waals surface area contributed by atoms with Crippen LogP contribution in [0, 0.1) is 0 Å². The van der Waals surface area contributed by atoms with Gasteiger partial charge in [0.2, 0.25) is 0 Å². The van der Waals surface area contributed by atoms with E-state index >= 15 is 0 Å². The molecule has 0 aromatic carbocycles. The fourth-order valence-corrected chi connectivity index (χ4v) is 0.330. The van der Waals surface area contributed by atoms with Crippen molar-refractivity contribution in [1.82, 2.24) is 0 Å². The zero-order valence-electron chi connectivity index (χ0n) is 4.35. The third-order valence-electron chi connectivity index (χ3n) is 0.518. The first-order chi connectivity index (χ1) is 3.27. The number of hydrogen-bond donors (Lipinski definition) is 1. The van der Waals surface area contributed by atoms with Gasteiger partial charge in [-0.2, -0.15) is 0 Å². The maximum Gasteiger partial charge on any atom is 0.0958 e. The molecule has 0 saturated heterocycles. The first kappa shape index (κ1) is 6.63. The summed E-state index contributed by atoms with van der Waals surface area (Å²) in [6.07, 6.45) is 4.66. The molecule has 0 aliphatic heterocycles. The van der Waals surface area contributed by atoms with E-state index in [2.05, 4.69) is 12.2 Å². The second kappa shape index (κ2) is 3.81. The van der Waals surface area contributed by atoms with Crippen molar-refractivity contribution in [2.75, 3.05) is 0 Å². The molecule has 7 heavy (non-hydrogen) atoms. The van der Waals surface area contributed by atoms with E-state index in [0.717, 1.165) is 6.42 Å². The third kappa shape index (κ3) is 5.63. The van der Waals surface area contributed by atoms with Crippen molar-refractivity contribution >= 4 is 17.2 Å². The van der Waals surface area contributed by atoms with Gasteiger partial charge < -0.3 is 5.73 Å². The minimum absolute atomic E-state index is 0.460. The summed E-state index contributed by atoms with van der Waals surface area (Å²) in [7, 11) is 0. The monoisotopic (exact) mass is 115 g/mol. The summed E-state index contributed by atoms with van der Waals surface area (Å²) in [6, 6.07) is 0. The lowest BCUT2D eigenvalue weighted by Crippen LogP contribution is -2.01. The van der Waals surface area contributed by atoms with Gasteiger partial charge in [0.1, 0.15) is 0 Å². The van der Waals surface area contributed by atoms with E-state index in [1.807, 2.05) is 13.0 Å². The summed E-state index contributed by atoms with van der Waals surface area (Å²) in [5, 5.41) is 0. The zero-order chi connectivity index (χ0) is 5.70. The lowest BCUT2D eigenvalue weighted by molar-refractivity contribution is 1.23. The van der Waals surface area contributed by atoms with Crippen LogP contribution in [-0.2, 0) is 0 Å². The minimum atomic E-state index is 0.460. The fraction of sp³-hybridized carbons (Fsp3) is 0.400. The standard InChI is InChI=1S/C5H9NS/c1-2-3-4-5(6)7/h3-4H,2H2,1H3,(H2,6,7)/b4-3-. The minimum Gasteiger partial charge on any atom is -0.390 e. The van der Waals surface area contributed by atoms with Gasteiger partial charge in [0.25, 0.3) is 0 Å². The van der Waals surface area contributed by atoms with Crippen molar-refractivity contribution in [3.63, 3.8) is 0 Å². The van der Waals surface area contributed by atoms with Crippen molar-refractivity contribution in [3.8, 4) is 0 Å². The molecule has 0 rings (SSSR count). The Kier molecular flexibility index (Phi) is 3.61. The molecule has 0 bridgehead atoms. The van der Waals surface area contributed by atoms with Gasteiger partial charge in [-0.3, -0.25) is 0 Å². The smallest absolute Gasteiger partial charge is 0.0958 e. The van der Waals surface area contributed by atoms with Crippen LogP contribution in [0.3, 0.4) is 0 Å². The average Bonchev–Trinajstić information content (AvgIpc) is 1.61. The molecule has 40 valence electrons. The zero-order valence-corrected chi connectivity index (χ0v) is 5.16. The highest BCUT2D eigenvalue weighted by atomic mass is 32.1. The highest BCUT2D eigenvalue weighted by Gasteiger charge is 1.70. The van der Waals surface area contributed by atoms with Crippen LogP contribution in [0.15, 0.2) is 12.2 Å². The van der Waals surface area contributed by atoms with Crippen LogP contribution in [0.4, 0.5) is 0 Å². The summed E-state index contributed by atoms with van der Waals surface area (Å²) >= 11 is 4.55. The largest absolute Gasteiger partial charge is 0.390 e. The maximum atomic E-state index is 5.12. The van der Waals surface area contributed by atoms with Crippen molar-refractivity contribution < 1.29 is 0 Å². The van der Waals surface area contributed by atoms with Gasteiger partial charge in [-0.25, -0.2) is 0 Å². The SMILES string of the molecule is CC/C=C\C(N)=S. The van der Waals surface area contributed by atoms with E-state index in [9.17, 15) is 0 Å². The van der Waals surface area contributed by atoms with Crippen molar-refractivity contribution in [3.05, 3.63) is 12.2 Å². The molecular formula is C5H9NS. The van der Waals surface area contributed by atoms with E-state index < -0.39 is 0 Å². The Morgan fingerprint density at radius 1 is 1.86 bits per heavy atom. The van der Waals surface area contributed by atoms with Crippen LogP contribution < -0.4 is 5.73 Å². The molecule has 0 spiro atoms. The Labute approximate surface area is 49.2 Å². The molecule has 0 aromatic rings. The normalized spacial score (nSPS) is 9.86. The third-order valence-corrected chi connectivity index (χ3v) is 0.654. The summed E-state index contributed by atoms with van der Waals surface area (Å²) in [5.41, 5.74) is 5.12. The molecule has 0 heterocycles. The van der Waals surface area contributed by atoms with E-state index in [0.29, 0.717) is 4.99 Å². The fourth-order valence-electron chi connectivity index (χ4n) is 0.234. The van der Waals surface area contributed by atoms with Gasteiger partial charge in [0.15, 0.2) is 0 Å². The van der Waals surface area contributed by atoms with Crippen LogP contribution >= 0.6 is 12.2 Å². The number of allylic oxidation sites excluding steroid dienone is 1. The quantitative estimate of drug-likeness (QED) is 0.433. The van der Waals surface area contributed by atoms with Gasteiger partial charge >= 0.3 is 0 Å². The van der Waals surface area contributed by atoms with Crippen LogP contribution in [0.5, 0.6) is 0 Å². The Morgan fingerprint density at radius 3 is 2.57 bits per heavy atom. The van der Waals surface area contributed by atoms with E-state index in [1.165, 1.54) is 0 Å². The Bertz CT molecular complexity index is 86.1. The molecule has 0 atom stereocenters.